The minimum absolute atomic E-state index is 0.0747. The van der Waals surface area contributed by atoms with Crippen molar-refractivity contribution in [1.82, 2.24) is 24.7 Å². The van der Waals surface area contributed by atoms with Crippen LogP contribution in [0.25, 0.3) is 11.3 Å². The van der Waals surface area contributed by atoms with Crippen LogP contribution >= 0.6 is 0 Å². The lowest BCUT2D eigenvalue weighted by atomic mass is 9.94. The zero-order valence-corrected chi connectivity index (χ0v) is 19.7. The fourth-order valence-electron chi connectivity index (χ4n) is 3.41. The lowest BCUT2D eigenvalue weighted by Crippen LogP contribution is -2.35. The number of aromatic nitrogens is 5. The van der Waals surface area contributed by atoms with Gasteiger partial charge in [0.25, 0.3) is 0 Å². The molecule has 0 bridgehead atoms. The average Bonchev–Trinajstić information content (AvgIpc) is 3.24. The van der Waals surface area contributed by atoms with Crippen molar-refractivity contribution >= 4 is 23.2 Å². The van der Waals surface area contributed by atoms with Crippen LogP contribution in [0.5, 0.6) is 5.75 Å². The fraction of sp³-hybridized carbons (Fsp3) is 0.435. The smallest absolute Gasteiger partial charge is 0.303 e. The molecule has 0 spiro atoms. The zero-order valence-electron chi connectivity index (χ0n) is 19.7. The van der Waals surface area contributed by atoms with Crippen molar-refractivity contribution in [2.24, 2.45) is 0 Å². The summed E-state index contributed by atoms with van der Waals surface area (Å²) in [4.78, 5) is 23.7. The predicted octanol–water partition coefficient (Wildman–Crippen LogP) is 5.01. The number of amides is 1. The number of nitrogens with one attached hydrogen (secondary N) is 2. The molecule has 1 aliphatic carbocycles. The monoisotopic (exact) mass is 489 g/mol. The number of hydrogen-bond acceptors (Lipinski definition) is 7. The summed E-state index contributed by atoms with van der Waals surface area (Å²) >= 11 is 0. The van der Waals surface area contributed by atoms with Gasteiger partial charge >= 0.3 is 5.92 Å². The number of ether oxygens (including phenoxy) is 1. The van der Waals surface area contributed by atoms with E-state index in [1.54, 1.807) is 17.1 Å². The van der Waals surface area contributed by atoms with Gasteiger partial charge in [0.2, 0.25) is 11.7 Å². The molecular formula is C23H26F3N7O2. The highest BCUT2D eigenvalue weighted by Gasteiger charge is 2.32. The second kappa shape index (κ2) is 9.51. The largest absolute Gasteiger partial charge is 0.486 e. The molecule has 1 aliphatic rings. The van der Waals surface area contributed by atoms with E-state index in [4.69, 9.17) is 4.74 Å². The molecule has 0 aromatic carbocycles. The highest BCUT2D eigenvalue weighted by atomic mass is 19.3. The van der Waals surface area contributed by atoms with E-state index in [0.29, 0.717) is 18.2 Å². The summed E-state index contributed by atoms with van der Waals surface area (Å²) in [5, 5.41) is 9.80. The Balaban J connectivity index is 1.72. The van der Waals surface area contributed by atoms with E-state index in [9.17, 15) is 18.0 Å². The van der Waals surface area contributed by atoms with Crippen molar-refractivity contribution in [3.05, 3.63) is 36.5 Å². The lowest BCUT2D eigenvalue weighted by molar-refractivity contribution is -0.114. The third-order valence-electron chi connectivity index (χ3n) is 5.31. The molecule has 0 unspecified atom stereocenters. The van der Waals surface area contributed by atoms with Gasteiger partial charge in [0.1, 0.15) is 23.9 Å². The van der Waals surface area contributed by atoms with Crippen molar-refractivity contribution < 1.29 is 22.7 Å². The number of rotatable bonds is 8. The number of carbonyl (C=O) groups excluding carboxylic acids is 1. The number of anilines is 3. The van der Waals surface area contributed by atoms with Crippen LogP contribution in [0.1, 0.15) is 52.4 Å². The fourth-order valence-corrected chi connectivity index (χ4v) is 3.41. The van der Waals surface area contributed by atoms with Crippen LogP contribution in [0.4, 0.5) is 30.5 Å². The van der Waals surface area contributed by atoms with Crippen molar-refractivity contribution in [2.75, 3.05) is 10.6 Å². The standard InChI is InChI=1S/C23H26F3N7O2/c1-12(2)33-11-14(9-28-33)17-7-21(32-22(31-17)23(4,25)26)30-18-8-20(29-13(3)34)27-10-19(18)35-16-5-15(24)6-16/h7-12,15-16H,5-6H2,1-4H3,(H2,27,29,30,31,32,34). The number of carbonyl (C=O) groups is 1. The number of halogens is 3. The molecule has 2 N–H and O–H groups in total. The van der Waals surface area contributed by atoms with Crippen molar-refractivity contribution in [3.8, 4) is 17.0 Å². The van der Waals surface area contributed by atoms with Crippen LogP contribution in [0.2, 0.25) is 0 Å². The Morgan fingerprint density at radius 3 is 2.54 bits per heavy atom. The zero-order chi connectivity index (χ0) is 25.3. The molecule has 0 radical (unpaired) electrons. The van der Waals surface area contributed by atoms with Crippen LogP contribution in [-0.4, -0.2) is 42.9 Å². The van der Waals surface area contributed by atoms with Gasteiger partial charge < -0.3 is 15.4 Å². The van der Waals surface area contributed by atoms with E-state index >= 15 is 0 Å². The Morgan fingerprint density at radius 1 is 1.20 bits per heavy atom. The first-order valence-corrected chi connectivity index (χ1v) is 11.1. The van der Waals surface area contributed by atoms with Crippen LogP contribution in [0.3, 0.4) is 0 Å². The summed E-state index contributed by atoms with van der Waals surface area (Å²) in [5.41, 5.74) is 1.12. The number of alkyl halides is 3. The second-order valence-corrected chi connectivity index (χ2v) is 8.83. The third kappa shape index (κ3) is 5.87. The predicted molar refractivity (Wildman–Crippen MR) is 124 cm³/mol. The Bertz CT molecular complexity index is 1220. The molecule has 3 heterocycles. The Kier molecular flexibility index (Phi) is 6.64. The highest BCUT2D eigenvalue weighted by molar-refractivity contribution is 5.88. The van der Waals surface area contributed by atoms with E-state index < -0.39 is 17.9 Å². The Labute approximate surface area is 200 Å². The van der Waals surface area contributed by atoms with E-state index in [2.05, 4.69) is 30.7 Å². The molecule has 0 saturated heterocycles. The molecule has 12 heteroatoms. The van der Waals surface area contributed by atoms with Gasteiger partial charge in [-0.05, 0) is 13.8 Å². The quantitative estimate of drug-likeness (QED) is 0.458. The topological polar surface area (TPSA) is 107 Å². The summed E-state index contributed by atoms with van der Waals surface area (Å²) in [6.07, 6.45) is 3.87. The minimum atomic E-state index is -3.30. The molecule has 1 saturated carbocycles. The van der Waals surface area contributed by atoms with Crippen molar-refractivity contribution in [2.45, 2.75) is 64.8 Å². The molecular weight excluding hydrogens is 463 g/mol. The van der Waals surface area contributed by atoms with Gasteiger partial charge in [0.05, 0.1) is 23.8 Å². The summed E-state index contributed by atoms with van der Waals surface area (Å²) in [6, 6.07) is 3.08. The molecule has 9 nitrogen and oxygen atoms in total. The molecule has 4 rings (SSSR count). The van der Waals surface area contributed by atoms with Gasteiger partial charge in [0.15, 0.2) is 5.75 Å². The van der Waals surface area contributed by atoms with Crippen LogP contribution in [0, 0.1) is 0 Å². The number of hydrogen-bond donors (Lipinski definition) is 2. The van der Waals surface area contributed by atoms with Crippen LogP contribution in [-0.2, 0) is 10.7 Å². The van der Waals surface area contributed by atoms with Crippen LogP contribution < -0.4 is 15.4 Å². The SMILES string of the molecule is CC(=O)Nc1cc(Nc2cc(-c3cnn(C(C)C)c3)nc(C(C)(F)F)n2)c(OC2CC(F)C2)cn1. The molecule has 0 atom stereocenters. The summed E-state index contributed by atoms with van der Waals surface area (Å²) in [7, 11) is 0. The maximum atomic E-state index is 14.3. The summed E-state index contributed by atoms with van der Waals surface area (Å²) < 4.78 is 49.3. The average molecular weight is 490 g/mol. The molecule has 35 heavy (non-hydrogen) atoms. The van der Waals surface area contributed by atoms with E-state index in [0.717, 1.165) is 0 Å². The van der Waals surface area contributed by atoms with Crippen molar-refractivity contribution in [3.63, 3.8) is 0 Å². The van der Waals surface area contributed by atoms with E-state index in [1.807, 2.05) is 13.8 Å². The van der Waals surface area contributed by atoms with Gasteiger partial charge in [-0.1, -0.05) is 0 Å². The number of pyridine rings is 1. The number of nitrogens with zero attached hydrogens (tertiary/aromatic N) is 5. The maximum absolute atomic E-state index is 14.3. The molecule has 1 fully saturated rings. The maximum Gasteiger partial charge on any atom is 0.303 e. The van der Waals surface area contributed by atoms with Crippen LogP contribution in [0.15, 0.2) is 30.7 Å². The third-order valence-corrected chi connectivity index (χ3v) is 5.31. The molecule has 3 aromatic heterocycles. The molecule has 0 aliphatic heterocycles. The molecule has 3 aromatic rings. The highest BCUT2D eigenvalue weighted by Crippen LogP contribution is 2.36. The Hall–Kier alpha value is -3.70. The van der Waals surface area contributed by atoms with Gasteiger partial charge in [0, 0.05) is 56.6 Å². The Morgan fingerprint density at radius 2 is 1.94 bits per heavy atom. The first-order valence-electron chi connectivity index (χ1n) is 11.1. The van der Waals surface area contributed by atoms with Crippen molar-refractivity contribution in [1.29, 1.82) is 0 Å². The molecule has 1 amide bonds. The van der Waals surface area contributed by atoms with E-state index in [-0.39, 0.29) is 54.0 Å². The normalized spacial score (nSPS) is 17.7. The second-order valence-electron chi connectivity index (χ2n) is 8.83. The first-order chi connectivity index (χ1) is 16.5. The summed E-state index contributed by atoms with van der Waals surface area (Å²) in [6.45, 7) is 5.94. The van der Waals surface area contributed by atoms with Gasteiger partial charge in [-0.2, -0.15) is 13.9 Å². The lowest BCUT2D eigenvalue weighted by Gasteiger charge is -2.30. The first kappa shape index (κ1) is 24.4. The van der Waals surface area contributed by atoms with E-state index in [1.165, 1.54) is 25.3 Å². The molecule has 186 valence electrons. The van der Waals surface area contributed by atoms with Gasteiger partial charge in [-0.3, -0.25) is 9.48 Å². The minimum Gasteiger partial charge on any atom is -0.486 e. The van der Waals surface area contributed by atoms with Gasteiger partial charge in [-0.15, -0.1) is 0 Å². The van der Waals surface area contributed by atoms with Gasteiger partial charge in [-0.25, -0.2) is 19.3 Å². The summed E-state index contributed by atoms with van der Waals surface area (Å²) in [5.74, 6) is -3.75.